The molecule has 2 aliphatic rings. The summed E-state index contributed by atoms with van der Waals surface area (Å²) in [5, 5.41) is 11.1. The summed E-state index contributed by atoms with van der Waals surface area (Å²) in [4.78, 5) is 17.8. The van der Waals surface area contributed by atoms with E-state index in [2.05, 4.69) is 11.8 Å². The Hall–Kier alpha value is -2.69. The fraction of sp³-hybridized carbons (Fsp3) is 0.235. The molecule has 0 aromatic heterocycles. The first-order chi connectivity index (χ1) is 10.7. The maximum absolute atomic E-state index is 11.1. The number of non-ortho nitro benzene ring substituents is 1. The first-order valence-electron chi connectivity index (χ1n) is 7.42. The summed E-state index contributed by atoms with van der Waals surface area (Å²) in [6, 6.07) is 13.4. The number of nitro groups is 1. The Morgan fingerprint density at radius 3 is 2.73 bits per heavy atom. The molecule has 0 aliphatic carbocycles. The molecule has 4 rings (SSSR count). The van der Waals surface area contributed by atoms with Crippen molar-refractivity contribution in [1.29, 1.82) is 0 Å². The fourth-order valence-corrected chi connectivity index (χ4v) is 3.23. The maximum Gasteiger partial charge on any atom is 0.270 e. The van der Waals surface area contributed by atoms with E-state index in [1.54, 1.807) is 12.1 Å². The van der Waals surface area contributed by atoms with Crippen LogP contribution in [0.5, 0.6) is 0 Å². The van der Waals surface area contributed by atoms with Gasteiger partial charge >= 0.3 is 0 Å². The highest BCUT2D eigenvalue weighted by Crippen LogP contribution is 2.42. The second kappa shape index (κ2) is 4.66. The van der Waals surface area contributed by atoms with Crippen molar-refractivity contribution >= 4 is 17.2 Å². The number of amidine groups is 1. The summed E-state index contributed by atoms with van der Waals surface area (Å²) in [5.74, 6) is 0.990. The zero-order chi connectivity index (χ0) is 15.3. The lowest BCUT2D eigenvalue weighted by Gasteiger charge is -2.30. The Morgan fingerprint density at radius 1 is 1.23 bits per heavy atom. The highest BCUT2D eigenvalue weighted by atomic mass is 16.6. The van der Waals surface area contributed by atoms with Crippen LogP contribution in [0.15, 0.2) is 47.5 Å². The zero-order valence-corrected chi connectivity index (χ0v) is 12.2. The molecule has 5 heteroatoms. The van der Waals surface area contributed by atoms with Gasteiger partial charge in [0.25, 0.3) is 5.69 Å². The summed E-state index contributed by atoms with van der Waals surface area (Å²) >= 11 is 0. The molecule has 0 fully saturated rings. The quantitative estimate of drug-likeness (QED) is 0.627. The first-order valence-corrected chi connectivity index (χ1v) is 7.42. The molecule has 0 saturated heterocycles. The molecular weight excluding hydrogens is 278 g/mol. The lowest BCUT2D eigenvalue weighted by Crippen LogP contribution is -2.33. The molecule has 22 heavy (non-hydrogen) atoms. The zero-order valence-electron chi connectivity index (χ0n) is 12.2. The van der Waals surface area contributed by atoms with E-state index in [0.717, 1.165) is 41.2 Å². The van der Waals surface area contributed by atoms with Crippen LogP contribution in [0.2, 0.25) is 0 Å². The average Bonchev–Trinajstić information content (AvgIpc) is 2.99. The topological polar surface area (TPSA) is 58.7 Å². The van der Waals surface area contributed by atoms with Gasteiger partial charge in [0.1, 0.15) is 5.84 Å². The SMILES string of the molecule is CCC1CN2C(=N1)c1ccccc1-c1cc([N+](=O)[O-])ccc12. The van der Waals surface area contributed by atoms with Crippen molar-refractivity contribution in [2.24, 2.45) is 4.99 Å². The molecule has 2 aromatic carbocycles. The normalized spacial score (nSPS) is 18.3. The minimum atomic E-state index is -0.342. The minimum Gasteiger partial charge on any atom is -0.323 e. The average molecular weight is 293 g/mol. The Labute approximate surface area is 128 Å². The lowest BCUT2D eigenvalue weighted by molar-refractivity contribution is -0.384. The number of fused-ring (bicyclic) bond motifs is 6. The summed E-state index contributed by atoms with van der Waals surface area (Å²) in [7, 11) is 0. The molecule has 0 amide bonds. The van der Waals surface area contributed by atoms with E-state index in [9.17, 15) is 10.1 Å². The van der Waals surface area contributed by atoms with Crippen molar-refractivity contribution in [2.45, 2.75) is 19.4 Å². The van der Waals surface area contributed by atoms with E-state index in [1.165, 1.54) is 0 Å². The lowest BCUT2D eigenvalue weighted by atomic mass is 9.92. The number of rotatable bonds is 2. The third-order valence-corrected chi connectivity index (χ3v) is 4.36. The monoisotopic (exact) mass is 293 g/mol. The van der Waals surface area contributed by atoms with Crippen LogP contribution < -0.4 is 4.90 Å². The van der Waals surface area contributed by atoms with Gasteiger partial charge in [-0.3, -0.25) is 15.1 Å². The molecule has 0 N–H and O–H groups in total. The Morgan fingerprint density at radius 2 is 2.00 bits per heavy atom. The van der Waals surface area contributed by atoms with Gasteiger partial charge in [0.2, 0.25) is 0 Å². The highest BCUT2D eigenvalue weighted by Gasteiger charge is 2.34. The second-order valence-electron chi connectivity index (χ2n) is 5.63. The van der Waals surface area contributed by atoms with Crippen LogP contribution in [0.3, 0.4) is 0 Å². The van der Waals surface area contributed by atoms with Gasteiger partial charge < -0.3 is 4.90 Å². The molecule has 0 radical (unpaired) electrons. The Bertz CT molecular complexity index is 813. The first kappa shape index (κ1) is 13.0. The fourth-order valence-electron chi connectivity index (χ4n) is 3.23. The number of anilines is 1. The maximum atomic E-state index is 11.1. The third-order valence-electron chi connectivity index (χ3n) is 4.36. The molecular formula is C17H15N3O2. The van der Waals surface area contributed by atoms with E-state index in [4.69, 9.17) is 4.99 Å². The van der Waals surface area contributed by atoms with E-state index in [0.29, 0.717) is 0 Å². The van der Waals surface area contributed by atoms with Gasteiger partial charge in [0, 0.05) is 29.8 Å². The summed E-state index contributed by atoms with van der Waals surface area (Å²) in [6.45, 7) is 2.97. The minimum absolute atomic E-state index is 0.125. The molecule has 2 heterocycles. The predicted octanol–water partition coefficient (Wildman–Crippen LogP) is 3.62. The van der Waals surface area contributed by atoms with Crippen LogP contribution in [-0.4, -0.2) is 23.3 Å². The summed E-state index contributed by atoms with van der Waals surface area (Å²) < 4.78 is 0. The molecule has 110 valence electrons. The smallest absolute Gasteiger partial charge is 0.270 e. The van der Waals surface area contributed by atoms with Gasteiger partial charge in [-0.1, -0.05) is 31.2 Å². The summed E-state index contributed by atoms with van der Waals surface area (Å²) in [6.07, 6.45) is 0.991. The van der Waals surface area contributed by atoms with Crippen molar-refractivity contribution < 1.29 is 4.92 Å². The van der Waals surface area contributed by atoms with Crippen LogP contribution in [0.4, 0.5) is 11.4 Å². The van der Waals surface area contributed by atoms with Gasteiger partial charge in [-0.15, -0.1) is 0 Å². The highest BCUT2D eigenvalue weighted by molar-refractivity contribution is 6.20. The molecule has 2 aliphatic heterocycles. The number of nitrogens with zero attached hydrogens (tertiary/aromatic N) is 3. The number of nitro benzene ring substituents is 1. The molecule has 0 saturated carbocycles. The predicted molar refractivity (Wildman–Crippen MR) is 86.5 cm³/mol. The second-order valence-corrected chi connectivity index (χ2v) is 5.63. The third kappa shape index (κ3) is 1.75. The number of hydrogen-bond donors (Lipinski definition) is 0. The van der Waals surface area contributed by atoms with E-state index < -0.39 is 0 Å². The Kier molecular flexibility index (Phi) is 2.76. The standard InChI is InChI=1S/C17H15N3O2/c1-2-11-10-19-16-8-7-12(20(21)22)9-15(16)13-5-3-4-6-14(13)17(19)18-11/h3-9,11H,2,10H2,1H3. The molecule has 1 atom stereocenters. The van der Waals surface area contributed by atoms with Crippen LogP contribution in [0.1, 0.15) is 18.9 Å². The van der Waals surface area contributed by atoms with E-state index in [-0.39, 0.29) is 16.7 Å². The van der Waals surface area contributed by atoms with Crippen molar-refractivity contribution in [1.82, 2.24) is 0 Å². The van der Waals surface area contributed by atoms with Crippen LogP contribution in [-0.2, 0) is 0 Å². The van der Waals surface area contributed by atoms with Crippen LogP contribution >= 0.6 is 0 Å². The molecule has 0 spiro atoms. The summed E-state index contributed by atoms with van der Waals surface area (Å²) in [5.41, 5.74) is 4.14. The van der Waals surface area contributed by atoms with Crippen molar-refractivity contribution in [3.05, 3.63) is 58.1 Å². The molecule has 2 aromatic rings. The van der Waals surface area contributed by atoms with Gasteiger partial charge in [-0.05, 0) is 18.1 Å². The molecule has 0 bridgehead atoms. The molecule has 1 unspecified atom stereocenters. The Balaban J connectivity index is 1.97. The van der Waals surface area contributed by atoms with Crippen LogP contribution in [0, 0.1) is 10.1 Å². The van der Waals surface area contributed by atoms with Crippen LogP contribution in [0.25, 0.3) is 11.1 Å². The van der Waals surface area contributed by atoms with E-state index in [1.807, 2.05) is 30.3 Å². The largest absolute Gasteiger partial charge is 0.323 e. The number of aliphatic imine (C=N–C) groups is 1. The van der Waals surface area contributed by atoms with Gasteiger partial charge in [-0.25, -0.2) is 0 Å². The van der Waals surface area contributed by atoms with E-state index >= 15 is 0 Å². The number of hydrogen-bond acceptors (Lipinski definition) is 4. The van der Waals surface area contributed by atoms with Gasteiger partial charge in [0.05, 0.1) is 16.7 Å². The van der Waals surface area contributed by atoms with Gasteiger partial charge in [-0.2, -0.15) is 0 Å². The molecule has 5 nitrogen and oxygen atoms in total. The van der Waals surface area contributed by atoms with Gasteiger partial charge in [0.15, 0.2) is 0 Å². The van der Waals surface area contributed by atoms with Crippen molar-refractivity contribution in [3.8, 4) is 11.1 Å². The number of benzene rings is 2. The van der Waals surface area contributed by atoms with Crippen molar-refractivity contribution in [3.63, 3.8) is 0 Å². The van der Waals surface area contributed by atoms with Crippen molar-refractivity contribution in [2.75, 3.05) is 11.4 Å².